The number of aryl methyl sites for hydroxylation is 1. The molecule has 0 bridgehead atoms. The molecule has 1 aromatic carbocycles. The molecular formula is C24H26ClN7O2. The van der Waals surface area contributed by atoms with Crippen molar-refractivity contribution in [3.8, 4) is 16.9 Å². The monoisotopic (exact) mass is 479 g/mol. The van der Waals surface area contributed by atoms with Crippen molar-refractivity contribution in [1.29, 1.82) is 0 Å². The quantitative estimate of drug-likeness (QED) is 0.459. The van der Waals surface area contributed by atoms with E-state index in [2.05, 4.69) is 20.1 Å². The lowest BCUT2D eigenvalue weighted by Gasteiger charge is -2.22. The maximum absolute atomic E-state index is 12.5. The topological polar surface area (TPSA) is 112 Å². The molecule has 0 fully saturated rings. The standard InChI is InChI=1S/C24H26ClN7O2/c1-12-17(25)10-16(14(3)32-23-20(13(2)30-32)22(26)28-11-29-23)21(34-6)19(12)15-7-8-27-18(9-15)24(33)31(4)5/h7-11,14H,1-6H3,(H2,26,28,29)/t14-/m0/s1. The van der Waals surface area contributed by atoms with E-state index in [0.717, 1.165) is 27.9 Å². The lowest BCUT2D eigenvalue weighted by atomic mass is 9.94. The van der Waals surface area contributed by atoms with E-state index < -0.39 is 0 Å². The van der Waals surface area contributed by atoms with E-state index >= 15 is 0 Å². The molecule has 0 aliphatic carbocycles. The highest BCUT2D eigenvalue weighted by atomic mass is 35.5. The number of ether oxygens (including phenoxy) is 1. The van der Waals surface area contributed by atoms with Gasteiger partial charge in [-0.1, -0.05) is 11.6 Å². The fraction of sp³-hybridized carbons (Fsp3) is 0.292. The summed E-state index contributed by atoms with van der Waals surface area (Å²) in [4.78, 5) is 26.8. The molecule has 4 rings (SSSR count). The van der Waals surface area contributed by atoms with Crippen LogP contribution in [0.15, 0.2) is 30.7 Å². The Morgan fingerprint density at radius 2 is 1.94 bits per heavy atom. The van der Waals surface area contributed by atoms with Crippen LogP contribution in [0.5, 0.6) is 5.75 Å². The molecule has 0 unspecified atom stereocenters. The molecule has 2 N–H and O–H groups in total. The van der Waals surface area contributed by atoms with Crippen molar-refractivity contribution in [2.45, 2.75) is 26.8 Å². The number of nitrogens with two attached hydrogens (primary N) is 1. The van der Waals surface area contributed by atoms with Crippen molar-refractivity contribution >= 4 is 34.4 Å². The van der Waals surface area contributed by atoms with Crippen LogP contribution < -0.4 is 10.5 Å². The zero-order valence-corrected chi connectivity index (χ0v) is 20.7. The molecule has 176 valence electrons. The summed E-state index contributed by atoms with van der Waals surface area (Å²) in [6, 6.07) is 5.18. The first kappa shape index (κ1) is 23.4. The lowest BCUT2D eigenvalue weighted by molar-refractivity contribution is 0.0822. The number of amides is 1. The Labute approximate surface area is 202 Å². The SMILES string of the molecule is COc1c([C@H](C)n2nc(C)c3c(N)ncnc32)cc(Cl)c(C)c1-c1ccnc(C(=O)N(C)C)c1. The van der Waals surface area contributed by atoms with Crippen molar-refractivity contribution in [1.82, 2.24) is 29.6 Å². The van der Waals surface area contributed by atoms with Crippen LogP contribution in [0, 0.1) is 13.8 Å². The molecule has 4 aromatic rings. The van der Waals surface area contributed by atoms with Gasteiger partial charge in [0.15, 0.2) is 5.65 Å². The van der Waals surface area contributed by atoms with Gasteiger partial charge >= 0.3 is 0 Å². The smallest absolute Gasteiger partial charge is 0.271 e. The molecular weight excluding hydrogens is 454 g/mol. The molecule has 0 saturated carbocycles. The number of carbonyl (C=O) groups is 1. The van der Waals surface area contributed by atoms with Gasteiger partial charge in [-0.3, -0.25) is 9.78 Å². The summed E-state index contributed by atoms with van der Waals surface area (Å²) in [5.74, 6) is 0.822. The number of hydrogen-bond acceptors (Lipinski definition) is 7. The summed E-state index contributed by atoms with van der Waals surface area (Å²) in [5, 5.41) is 5.97. The average molecular weight is 480 g/mol. The van der Waals surface area contributed by atoms with Crippen molar-refractivity contribution in [2.75, 3.05) is 26.9 Å². The summed E-state index contributed by atoms with van der Waals surface area (Å²) < 4.78 is 7.72. The van der Waals surface area contributed by atoms with Gasteiger partial charge in [0.05, 0.1) is 24.2 Å². The number of hydrogen-bond donors (Lipinski definition) is 1. The normalized spacial score (nSPS) is 12.1. The van der Waals surface area contributed by atoms with Crippen molar-refractivity contribution < 1.29 is 9.53 Å². The van der Waals surface area contributed by atoms with E-state index in [1.807, 2.05) is 32.9 Å². The van der Waals surface area contributed by atoms with Crippen LogP contribution in [0.2, 0.25) is 5.02 Å². The van der Waals surface area contributed by atoms with E-state index in [-0.39, 0.29) is 11.9 Å². The first-order valence-corrected chi connectivity index (χ1v) is 11.0. The molecule has 0 radical (unpaired) electrons. The molecule has 1 atom stereocenters. The van der Waals surface area contributed by atoms with Gasteiger partial charge in [-0.05, 0) is 50.1 Å². The fourth-order valence-electron chi connectivity index (χ4n) is 4.13. The van der Waals surface area contributed by atoms with Gasteiger partial charge in [0.25, 0.3) is 5.91 Å². The number of methoxy groups -OCH3 is 1. The van der Waals surface area contributed by atoms with Crippen molar-refractivity contribution in [2.24, 2.45) is 0 Å². The van der Waals surface area contributed by atoms with Crippen LogP contribution in [-0.4, -0.2) is 56.7 Å². The number of anilines is 1. The van der Waals surface area contributed by atoms with Crippen LogP contribution in [0.1, 0.15) is 40.3 Å². The molecule has 3 heterocycles. The molecule has 0 spiro atoms. The van der Waals surface area contributed by atoms with Crippen LogP contribution in [0.4, 0.5) is 5.82 Å². The second-order valence-corrected chi connectivity index (χ2v) is 8.68. The molecule has 10 heteroatoms. The minimum atomic E-state index is -0.290. The second kappa shape index (κ2) is 8.90. The summed E-state index contributed by atoms with van der Waals surface area (Å²) in [6.07, 6.45) is 3.03. The predicted molar refractivity (Wildman–Crippen MR) is 132 cm³/mol. The maximum atomic E-state index is 12.5. The third-order valence-electron chi connectivity index (χ3n) is 5.89. The molecule has 0 aliphatic rings. The minimum absolute atomic E-state index is 0.190. The van der Waals surface area contributed by atoms with Gasteiger partial charge in [0.2, 0.25) is 0 Å². The highest BCUT2D eigenvalue weighted by Crippen LogP contribution is 2.43. The van der Waals surface area contributed by atoms with E-state index in [9.17, 15) is 4.79 Å². The summed E-state index contributed by atoms with van der Waals surface area (Å²) in [5.41, 5.74) is 11.0. The second-order valence-electron chi connectivity index (χ2n) is 8.27. The maximum Gasteiger partial charge on any atom is 0.271 e. The van der Waals surface area contributed by atoms with E-state index in [1.54, 1.807) is 38.2 Å². The molecule has 0 aliphatic heterocycles. The third-order valence-corrected chi connectivity index (χ3v) is 6.29. The Bertz CT molecular complexity index is 1410. The first-order chi connectivity index (χ1) is 16.1. The largest absolute Gasteiger partial charge is 0.496 e. The number of aromatic nitrogens is 5. The van der Waals surface area contributed by atoms with Crippen LogP contribution in [0.3, 0.4) is 0 Å². The lowest BCUT2D eigenvalue weighted by Crippen LogP contribution is -2.22. The Morgan fingerprint density at radius 1 is 1.21 bits per heavy atom. The van der Waals surface area contributed by atoms with Gasteiger partial charge in [-0.15, -0.1) is 0 Å². The Hall–Kier alpha value is -3.72. The number of nitrogens with zero attached hydrogens (tertiary/aromatic N) is 6. The Morgan fingerprint density at radius 3 is 2.62 bits per heavy atom. The zero-order valence-electron chi connectivity index (χ0n) is 19.9. The van der Waals surface area contributed by atoms with Gasteiger partial charge in [-0.2, -0.15) is 5.10 Å². The Kier molecular flexibility index (Phi) is 6.14. The number of pyridine rings is 1. The van der Waals surface area contributed by atoms with Gasteiger partial charge in [0, 0.05) is 36.4 Å². The number of rotatable bonds is 5. The first-order valence-electron chi connectivity index (χ1n) is 10.7. The van der Waals surface area contributed by atoms with E-state index in [1.165, 1.54) is 11.2 Å². The number of benzene rings is 1. The number of halogens is 1. The number of nitrogen functional groups attached to an aromatic ring is 1. The van der Waals surface area contributed by atoms with Crippen molar-refractivity contribution in [3.05, 3.63) is 58.3 Å². The molecule has 1 amide bonds. The summed E-state index contributed by atoms with van der Waals surface area (Å²) >= 11 is 6.71. The van der Waals surface area contributed by atoms with Gasteiger partial charge in [0.1, 0.15) is 23.6 Å². The van der Waals surface area contributed by atoms with Crippen molar-refractivity contribution in [3.63, 3.8) is 0 Å². The summed E-state index contributed by atoms with van der Waals surface area (Å²) in [6.45, 7) is 5.78. The molecule has 34 heavy (non-hydrogen) atoms. The average Bonchev–Trinajstić information content (AvgIpc) is 3.17. The van der Waals surface area contributed by atoms with Gasteiger partial charge < -0.3 is 15.4 Å². The Balaban J connectivity index is 1.93. The van der Waals surface area contributed by atoms with Gasteiger partial charge in [-0.25, -0.2) is 14.6 Å². The molecule has 3 aromatic heterocycles. The third kappa shape index (κ3) is 3.81. The summed E-state index contributed by atoms with van der Waals surface area (Å²) in [7, 11) is 4.99. The van der Waals surface area contributed by atoms with E-state index in [4.69, 9.17) is 22.1 Å². The van der Waals surface area contributed by atoms with Crippen LogP contribution in [-0.2, 0) is 0 Å². The van der Waals surface area contributed by atoms with Crippen LogP contribution >= 0.6 is 11.6 Å². The minimum Gasteiger partial charge on any atom is -0.496 e. The number of fused-ring (bicyclic) bond motifs is 1. The van der Waals surface area contributed by atoms with Crippen LogP contribution in [0.25, 0.3) is 22.2 Å². The predicted octanol–water partition coefficient (Wildman–Crippen LogP) is 4.06. The highest BCUT2D eigenvalue weighted by molar-refractivity contribution is 6.32. The molecule has 0 saturated heterocycles. The fourth-order valence-corrected chi connectivity index (χ4v) is 4.34. The van der Waals surface area contributed by atoms with E-state index in [0.29, 0.717) is 33.3 Å². The zero-order chi connectivity index (χ0) is 24.7. The highest BCUT2D eigenvalue weighted by Gasteiger charge is 2.25. The molecule has 9 nitrogen and oxygen atoms in total. The number of carbonyl (C=O) groups excluding carboxylic acids is 1.